The lowest BCUT2D eigenvalue weighted by atomic mass is 9.87. The average Bonchev–Trinajstić information content (AvgIpc) is 3.47. The zero-order valence-corrected chi connectivity index (χ0v) is 27.4. The van der Waals surface area contributed by atoms with Crippen molar-refractivity contribution in [1.29, 1.82) is 0 Å². The van der Waals surface area contributed by atoms with Crippen LogP contribution < -0.4 is 21.7 Å². The number of aromatic nitrogens is 2. The fourth-order valence-corrected chi connectivity index (χ4v) is 6.24. The lowest BCUT2D eigenvalue weighted by Gasteiger charge is -2.25. The number of aliphatic hydroxyl groups is 1. The van der Waals surface area contributed by atoms with Crippen LogP contribution in [0.1, 0.15) is 107 Å². The van der Waals surface area contributed by atoms with Gasteiger partial charge in [-0.2, -0.15) is 0 Å². The third-order valence-corrected chi connectivity index (χ3v) is 9.12. The Bertz CT molecular complexity index is 1160. The number of nitrogens with one attached hydrogen (secondary N) is 3. The molecular weight excluding hydrogens is 568 g/mol. The number of hydrogen-bond donors (Lipinski definition) is 5. The number of aryl methyl sites for hydroxylation is 3. The number of nitrogens with zero attached hydrogens (tertiary/aromatic N) is 2. The molecule has 1 saturated carbocycles. The highest BCUT2D eigenvalue weighted by molar-refractivity contribution is 5.93. The molecule has 1 heterocycles. The molecule has 1 aromatic heterocycles. The molecule has 3 unspecified atom stereocenters. The molecule has 6 N–H and O–H groups in total. The Morgan fingerprint density at radius 1 is 0.978 bits per heavy atom. The molecule has 0 spiro atoms. The van der Waals surface area contributed by atoms with E-state index in [0.717, 1.165) is 50.0 Å². The lowest BCUT2D eigenvalue weighted by molar-refractivity contribution is -0.133. The van der Waals surface area contributed by atoms with Crippen molar-refractivity contribution < 1.29 is 19.5 Å². The first-order valence-electron chi connectivity index (χ1n) is 17.1. The van der Waals surface area contributed by atoms with Crippen molar-refractivity contribution in [2.75, 3.05) is 19.7 Å². The van der Waals surface area contributed by atoms with Crippen LogP contribution in [-0.2, 0) is 27.3 Å². The van der Waals surface area contributed by atoms with Gasteiger partial charge in [0.05, 0.1) is 12.5 Å². The second-order valence-corrected chi connectivity index (χ2v) is 12.5. The molecule has 3 atom stereocenters. The zero-order valence-electron chi connectivity index (χ0n) is 27.4. The summed E-state index contributed by atoms with van der Waals surface area (Å²) in [4.78, 5) is 43.8. The van der Waals surface area contributed by atoms with Gasteiger partial charge in [-0.3, -0.25) is 14.4 Å². The molecule has 1 aliphatic rings. The number of hydrogen-bond acceptors (Lipinski definition) is 6. The highest BCUT2D eigenvalue weighted by atomic mass is 16.3. The molecule has 1 fully saturated rings. The monoisotopic (exact) mass is 624 g/mol. The van der Waals surface area contributed by atoms with Gasteiger partial charge in [-0.05, 0) is 81.9 Å². The first-order chi connectivity index (χ1) is 21.9. The third-order valence-electron chi connectivity index (χ3n) is 9.12. The van der Waals surface area contributed by atoms with Crippen molar-refractivity contribution in [3.05, 3.63) is 53.6 Å². The number of benzene rings is 1. The number of aliphatic hydroxyl groups excluding tert-OH is 1. The van der Waals surface area contributed by atoms with Gasteiger partial charge in [0.15, 0.2) is 0 Å². The second kappa shape index (κ2) is 20.0. The van der Waals surface area contributed by atoms with E-state index in [2.05, 4.69) is 37.6 Å². The van der Waals surface area contributed by atoms with Crippen LogP contribution in [0.2, 0.25) is 0 Å². The normalized spacial score (nSPS) is 15.6. The summed E-state index contributed by atoms with van der Waals surface area (Å²) >= 11 is 0. The fraction of sp³-hybridized carbons (Fsp3) is 0.657. The minimum atomic E-state index is -1.16. The van der Waals surface area contributed by atoms with Crippen molar-refractivity contribution in [1.82, 2.24) is 25.5 Å². The highest BCUT2D eigenvalue weighted by Crippen LogP contribution is 2.26. The van der Waals surface area contributed by atoms with Gasteiger partial charge in [0.25, 0.3) is 0 Å². The maximum Gasteiger partial charge on any atom is 0.245 e. The average molecular weight is 625 g/mol. The predicted molar refractivity (Wildman–Crippen MR) is 177 cm³/mol. The third kappa shape index (κ3) is 12.2. The van der Waals surface area contributed by atoms with E-state index in [1.54, 1.807) is 0 Å². The van der Waals surface area contributed by atoms with Gasteiger partial charge in [0.2, 0.25) is 17.7 Å². The Kier molecular flexibility index (Phi) is 16.1. The maximum atomic E-state index is 13.3. The summed E-state index contributed by atoms with van der Waals surface area (Å²) in [5.74, 6) is 0.0748. The van der Waals surface area contributed by atoms with Crippen molar-refractivity contribution in [2.24, 2.45) is 11.7 Å². The summed E-state index contributed by atoms with van der Waals surface area (Å²) in [5, 5.41) is 18.6. The van der Waals surface area contributed by atoms with Crippen molar-refractivity contribution >= 4 is 17.7 Å². The highest BCUT2D eigenvalue weighted by Gasteiger charge is 2.29. The molecule has 0 aliphatic heterocycles. The molecule has 1 aromatic carbocycles. The molecule has 250 valence electrons. The Balaban J connectivity index is 1.51. The number of carbonyl (C=O) groups is 3. The minimum absolute atomic E-state index is 0.234. The first-order valence-corrected chi connectivity index (χ1v) is 17.1. The Hall–Kier alpha value is -3.24. The maximum absolute atomic E-state index is 13.3. The van der Waals surface area contributed by atoms with Crippen LogP contribution in [0.25, 0.3) is 0 Å². The largest absolute Gasteiger partial charge is 0.394 e. The smallest absolute Gasteiger partial charge is 0.245 e. The van der Waals surface area contributed by atoms with E-state index in [0.29, 0.717) is 38.3 Å². The Morgan fingerprint density at radius 2 is 1.71 bits per heavy atom. The molecule has 0 saturated heterocycles. The van der Waals surface area contributed by atoms with Crippen LogP contribution in [0.5, 0.6) is 0 Å². The molecule has 1 aliphatic carbocycles. The summed E-state index contributed by atoms with van der Waals surface area (Å²) in [5.41, 5.74) is 7.73. The van der Waals surface area contributed by atoms with Gasteiger partial charge in [-0.1, -0.05) is 63.3 Å². The Morgan fingerprint density at radius 3 is 2.36 bits per heavy atom. The van der Waals surface area contributed by atoms with E-state index in [1.165, 1.54) is 37.7 Å². The van der Waals surface area contributed by atoms with Gasteiger partial charge in [-0.15, -0.1) is 0 Å². The topological polar surface area (TPSA) is 151 Å². The summed E-state index contributed by atoms with van der Waals surface area (Å²) in [6, 6.07) is 6.16. The van der Waals surface area contributed by atoms with Gasteiger partial charge < -0.3 is 31.4 Å². The van der Waals surface area contributed by atoms with E-state index >= 15 is 0 Å². The molecule has 10 nitrogen and oxygen atoms in total. The van der Waals surface area contributed by atoms with Gasteiger partial charge >= 0.3 is 0 Å². The van der Waals surface area contributed by atoms with E-state index in [-0.39, 0.29) is 11.8 Å². The number of amides is 3. The van der Waals surface area contributed by atoms with Crippen molar-refractivity contribution in [3.8, 4) is 0 Å². The standard InChI is InChI=1S/C35H56N6O4/c1-3-30(29-17-15-28(16-18-29)13-8-10-23-41-24-22-37-26(41)2)33(43)40-32(25-42)35(45)39-31(14-7-9-20-36)34(44)38-21-19-27-11-5-4-6-12-27/h15-18,22,24,27,30-32,42H,3-14,19-21,23,25,36H2,1-2H3,(H,38,44)(H,39,45)(H,40,43). The predicted octanol–water partition coefficient (Wildman–Crippen LogP) is 3.89. The van der Waals surface area contributed by atoms with Crippen LogP contribution in [0, 0.1) is 12.8 Å². The van der Waals surface area contributed by atoms with Crippen LogP contribution in [-0.4, -0.2) is 64.2 Å². The van der Waals surface area contributed by atoms with E-state index in [9.17, 15) is 19.5 Å². The summed E-state index contributed by atoms with van der Waals surface area (Å²) in [6.07, 6.45) is 16.4. The number of unbranched alkanes of at least 4 members (excludes halogenated alkanes) is 2. The van der Waals surface area contributed by atoms with E-state index in [4.69, 9.17) is 5.73 Å². The first kappa shape index (κ1) is 36.2. The van der Waals surface area contributed by atoms with Gasteiger partial charge in [-0.25, -0.2) is 4.98 Å². The minimum Gasteiger partial charge on any atom is -0.394 e. The molecule has 45 heavy (non-hydrogen) atoms. The fourth-order valence-electron chi connectivity index (χ4n) is 6.24. The van der Waals surface area contributed by atoms with Crippen molar-refractivity contribution in [3.63, 3.8) is 0 Å². The van der Waals surface area contributed by atoms with Crippen LogP contribution in [0.15, 0.2) is 36.7 Å². The quantitative estimate of drug-likeness (QED) is 0.141. The van der Waals surface area contributed by atoms with Crippen molar-refractivity contribution in [2.45, 2.75) is 122 Å². The molecule has 3 rings (SSSR count). The van der Waals surface area contributed by atoms with Crippen LogP contribution in [0.3, 0.4) is 0 Å². The number of rotatable bonds is 20. The SMILES string of the molecule is CCC(C(=O)NC(CO)C(=O)NC(CCCCN)C(=O)NCCC1CCCCC1)c1ccc(CCCCn2ccnc2C)cc1. The van der Waals surface area contributed by atoms with E-state index < -0.39 is 30.5 Å². The summed E-state index contributed by atoms with van der Waals surface area (Å²) < 4.78 is 2.16. The lowest BCUT2D eigenvalue weighted by Crippen LogP contribution is -2.55. The number of carbonyl (C=O) groups excluding carboxylic acids is 3. The van der Waals surface area contributed by atoms with Crippen LogP contribution in [0.4, 0.5) is 0 Å². The summed E-state index contributed by atoms with van der Waals surface area (Å²) in [7, 11) is 0. The van der Waals surface area contributed by atoms with E-state index in [1.807, 2.05) is 38.4 Å². The van der Waals surface area contributed by atoms with Crippen LogP contribution >= 0.6 is 0 Å². The molecule has 3 amide bonds. The number of nitrogens with two attached hydrogens (primary N) is 1. The molecule has 0 bridgehead atoms. The molecule has 2 aromatic rings. The van der Waals surface area contributed by atoms with Gasteiger partial charge in [0.1, 0.15) is 17.9 Å². The molecular formula is C35H56N6O4. The Labute approximate surface area is 269 Å². The molecule has 0 radical (unpaired) electrons. The van der Waals surface area contributed by atoms with Gasteiger partial charge in [0, 0.05) is 25.5 Å². The second-order valence-electron chi connectivity index (χ2n) is 12.5. The molecule has 10 heteroatoms. The number of imidazole rings is 1. The zero-order chi connectivity index (χ0) is 32.4. The summed E-state index contributed by atoms with van der Waals surface area (Å²) in [6.45, 7) is 5.40.